The SMILES string of the molecule is C=CCSCCNCc1ccc(C)s1. The Morgan fingerprint density at radius 2 is 2.43 bits per heavy atom. The Morgan fingerprint density at radius 1 is 1.57 bits per heavy atom. The van der Waals surface area contributed by atoms with E-state index in [9.17, 15) is 0 Å². The van der Waals surface area contributed by atoms with Crippen molar-refractivity contribution in [1.82, 2.24) is 5.32 Å². The van der Waals surface area contributed by atoms with Gasteiger partial charge < -0.3 is 5.32 Å². The molecule has 0 spiro atoms. The maximum absolute atomic E-state index is 3.69. The molecule has 0 radical (unpaired) electrons. The van der Waals surface area contributed by atoms with E-state index in [2.05, 4.69) is 31.0 Å². The van der Waals surface area contributed by atoms with Crippen molar-refractivity contribution in [2.24, 2.45) is 0 Å². The first-order valence-corrected chi connectivity index (χ1v) is 6.74. The van der Waals surface area contributed by atoms with Gasteiger partial charge in [0, 0.05) is 34.3 Å². The van der Waals surface area contributed by atoms with E-state index in [-0.39, 0.29) is 0 Å². The average molecular weight is 227 g/mol. The molecule has 3 heteroatoms. The molecule has 0 aromatic carbocycles. The Balaban J connectivity index is 2.01. The van der Waals surface area contributed by atoms with Gasteiger partial charge in [0.1, 0.15) is 0 Å². The molecule has 0 fully saturated rings. The summed E-state index contributed by atoms with van der Waals surface area (Å²) in [6, 6.07) is 4.37. The lowest BCUT2D eigenvalue weighted by Crippen LogP contribution is -2.15. The van der Waals surface area contributed by atoms with E-state index >= 15 is 0 Å². The summed E-state index contributed by atoms with van der Waals surface area (Å²) in [6.45, 7) is 7.92. The predicted molar refractivity (Wildman–Crippen MR) is 68.3 cm³/mol. The molecule has 0 aliphatic carbocycles. The first kappa shape index (κ1) is 11.8. The summed E-state index contributed by atoms with van der Waals surface area (Å²) in [5, 5.41) is 3.43. The Hall–Kier alpha value is -0.250. The fraction of sp³-hybridized carbons (Fsp3) is 0.455. The molecule has 1 rings (SSSR count). The lowest BCUT2D eigenvalue weighted by Gasteiger charge is -2.01. The highest BCUT2D eigenvalue weighted by Crippen LogP contribution is 2.14. The van der Waals surface area contributed by atoms with Crippen LogP contribution in [0, 0.1) is 6.92 Å². The van der Waals surface area contributed by atoms with Gasteiger partial charge in [0.2, 0.25) is 0 Å². The number of hydrogen-bond donors (Lipinski definition) is 1. The molecule has 14 heavy (non-hydrogen) atoms. The minimum Gasteiger partial charge on any atom is -0.311 e. The van der Waals surface area contributed by atoms with Crippen LogP contribution >= 0.6 is 23.1 Å². The van der Waals surface area contributed by atoms with E-state index in [0.29, 0.717) is 0 Å². The molecule has 0 saturated carbocycles. The summed E-state index contributed by atoms with van der Waals surface area (Å²) in [6.07, 6.45) is 1.95. The third kappa shape index (κ3) is 4.84. The quantitative estimate of drug-likeness (QED) is 0.567. The number of aryl methyl sites for hydroxylation is 1. The molecule has 1 N–H and O–H groups in total. The molecule has 78 valence electrons. The van der Waals surface area contributed by atoms with Crippen LogP contribution in [0.3, 0.4) is 0 Å². The summed E-state index contributed by atoms with van der Waals surface area (Å²) in [4.78, 5) is 2.82. The van der Waals surface area contributed by atoms with Crippen molar-refractivity contribution in [3.05, 3.63) is 34.5 Å². The van der Waals surface area contributed by atoms with E-state index < -0.39 is 0 Å². The smallest absolute Gasteiger partial charge is 0.0300 e. The zero-order chi connectivity index (χ0) is 10.2. The molecule has 0 amide bonds. The summed E-state index contributed by atoms with van der Waals surface area (Å²) in [7, 11) is 0. The Labute approximate surface area is 94.6 Å². The van der Waals surface area contributed by atoms with E-state index in [1.807, 2.05) is 29.2 Å². The molecular weight excluding hydrogens is 210 g/mol. The molecule has 0 saturated heterocycles. The van der Waals surface area contributed by atoms with Crippen LogP contribution in [0.1, 0.15) is 9.75 Å². The molecule has 1 aromatic rings. The van der Waals surface area contributed by atoms with Gasteiger partial charge >= 0.3 is 0 Å². The molecule has 1 heterocycles. The first-order chi connectivity index (χ1) is 6.83. The predicted octanol–water partition coefficient (Wildman–Crippen LogP) is 3.07. The van der Waals surface area contributed by atoms with Crippen LogP contribution in [0.4, 0.5) is 0 Å². The van der Waals surface area contributed by atoms with Gasteiger partial charge in [-0.3, -0.25) is 0 Å². The van der Waals surface area contributed by atoms with Gasteiger partial charge in [-0.2, -0.15) is 11.8 Å². The van der Waals surface area contributed by atoms with Crippen LogP contribution in [0.15, 0.2) is 24.8 Å². The monoisotopic (exact) mass is 227 g/mol. The van der Waals surface area contributed by atoms with Crippen LogP contribution in [0.5, 0.6) is 0 Å². The van der Waals surface area contributed by atoms with Gasteiger partial charge in [0.05, 0.1) is 0 Å². The number of hydrogen-bond acceptors (Lipinski definition) is 3. The largest absolute Gasteiger partial charge is 0.311 e. The topological polar surface area (TPSA) is 12.0 Å². The van der Waals surface area contributed by atoms with Gasteiger partial charge in [-0.05, 0) is 19.1 Å². The molecule has 0 unspecified atom stereocenters. The zero-order valence-electron chi connectivity index (χ0n) is 8.58. The van der Waals surface area contributed by atoms with Crippen molar-refractivity contribution in [3.63, 3.8) is 0 Å². The van der Waals surface area contributed by atoms with Crippen LogP contribution in [0.2, 0.25) is 0 Å². The number of rotatable bonds is 7. The van der Waals surface area contributed by atoms with Gasteiger partial charge in [0.15, 0.2) is 0 Å². The standard InChI is InChI=1S/C11H17NS2/c1-3-7-13-8-6-12-9-11-5-4-10(2)14-11/h3-5,12H,1,6-9H2,2H3. The van der Waals surface area contributed by atoms with E-state index in [1.165, 1.54) is 9.75 Å². The fourth-order valence-corrected chi connectivity index (χ4v) is 2.58. The zero-order valence-corrected chi connectivity index (χ0v) is 10.2. The molecule has 1 nitrogen and oxygen atoms in total. The summed E-state index contributed by atoms with van der Waals surface area (Å²) >= 11 is 3.79. The summed E-state index contributed by atoms with van der Waals surface area (Å²) in [5.74, 6) is 2.22. The lowest BCUT2D eigenvalue weighted by molar-refractivity contribution is 0.741. The minimum absolute atomic E-state index is 1.01. The van der Waals surface area contributed by atoms with E-state index in [1.54, 1.807) is 0 Å². The Kier molecular flexibility index (Phi) is 5.99. The third-order valence-electron chi connectivity index (χ3n) is 1.75. The van der Waals surface area contributed by atoms with Crippen molar-refractivity contribution in [1.29, 1.82) is 0 Å². The maximum Gasteiger partial charge on any atom is 0.0300 e. The van der Waals surface area contributed by atoms with E-state index in [4.69, 9.17) is 0 Å². The summed E-state index contributed by atoms with van der Waals surface area (Å²) in [5.41, 5.74) is 0. The van der Waals surface area contributed by atoms with Gasteiger partial charge in [-0.15, -0.1) is 17.9 Å². The van der Waals surface area contributed by atoms with Crippen LogP contribution in [0.25, 0.3) is 0 Å². The van der Waals surface area contributed by atoms with Crippen molar-refractivity contribution in [2.75, 3.05) is 18.1 Å². The first-order valence-electron chi connectivity index (χ1n) is 4.77. The van der Waals surface area contributed by atoms with Crippen molar-refractivity contribution < 1.29 is 0 Å². The second kappa shape index (κ2) is 7.10. The fourth-order valence-electron chi connectivity index (χ4n) is 1.10. The van der Waals surface area contributed by atoms with Crippen LogP contribution in [-0.4, -0.2) is 18.1 Å². The third-order valence-corrected chi connectivity index (χ3v) is 3.72. The highest BCUT2D eigenvalue weighted by molar-refractivity contribution is 7.99. The van der Waals surface area contributed by atoms with E-state index in [0.717, 1.165) is 24.6 Å². The van der Waals surface area contributed by atoms with Crippen molar-refractivity contribution in [3.8, 4) is 0 Å². The normalized spacial score (nSPS) is 10.4. The number of thiophene rings is 1. The van der Waals surface area contributed by atoms with Crippen LogP contribution < -0.4 is 5.32 Å². The van der Waals surface area contributed by atoms with Gasteiger partial charge in [-0.25, -0.2) is 0 Å². The average Bonchev–Trinajstić information content (AvgIpc) is 2.58. The molecule has 0 atom stereocenters. The highest BCUT2D eigenvalue weighted by Gasteiger charge is 1.95. The molecule has 1 aromatic heterocycles. The number of thioether (sulfide) groups is 1. The van der Waals surface area contributed by atoms with Crippen LogP contribution in [-0.2, 0) is 6.54 Å². The molecule has 0 bridgehead atoms. The molecular formula is C11H17NS2. The lowest BCUT2D eigenvalue weighted by atomic mass is 10.4. The van der Waals surface area contributed by atoms with Gasteiger partial charge in [0.25, 0.3) is 0 Å². The molecule has 0 aliphatic rings. The Bertz CT molecular complexity index is 268. The maximum atomic E-state index is 3.69. The number of nitrogens with one attached hydrogen (secondary N) is 1. The van der Waals surface area contributed by atoms with Crippen molar-refractivity contribution in [2.45, 2.75) is 13.5 Å². The Morgan fingerprint density at radius 3 is 3.07 bits per heavy atom. The molecule has 0 aliphatic heterocycles. The minimum atomic E-state index is 1.01. The second-order valence-corrected chi connectivity index (χ2v) is 5.58. The summed E-state index contributed by atoms with van der Waals surface area (Å²) < 4.78 is 0. The van der Waals surface area contributed by atoms with Crippen molar-refractivity contribution >= 4 is 23.1 Å². The second-order valence-electron chi connectivity index (χ2n) is 3.05. The van der Waals surface area contributed by atoms with Gasteiger partial charge in [-0.1, -0.05) is 6.08 Å². The highest BCUT2D eigenvalue weighted by atomic mass is 32.2.